The van der Waals surface area contributed by atoms with E-state index in [1.807, 2.05) is 42.5 Å². The van der Waals surface area contributed by atoms with Crippen molar-refractivity contribution in [2.24, 2.45) is 0 Å². The summed E-state index contributed by atoms with van der Waals surface area (Å²) in [5.74, 6) is -1.17. The van der Waals surface area contributed by atoms with Crippen molar-refractivity contribution < 1.29 is 19.3 Å². The van der Waals surface area contributed by atoms with Crippen LogP contribution in [0.1, 0.15) is 15.9 Å². The number of carbonyl (C=O) groups excluding carboxylic acids is 3. The van der Waals surface area contributed by atoms with Crippen LogP contribution in [0.25, 0.3) is 16.8 Å². The summed E-state index contributed by atoms with van der Waals surface area (Å²) in [6.45, 7) is 0. The molecule has 0 saturated carbocycles. The Hall–Kier alpha value is -5.74. The molecule has 0 fully saturated rings. The number of nitrogens with one attached hydrogen (secondary N) is 3. The van der Waals surface area contributed by atoms with E-state index in [-0.39, 0.29) is 28.6 Å². The first-order chi connectivity index (χ1) is 21.4. The normalized spacial score (nSPS) is 11.0. The average Bonchev–Trinajstić information content (AvgIpc) is 3.04. The van der Waals surface area contributed by atoms with E-state index in [1.165, 1.54) is 36.0 Å². The molecule has 0 aliphatic carbocycles. The zero-order valence-electron chi connectivity index (χ0n) is 23.2. The van der Waals surface area contributed by atoms with Gasteiger partial charge >= 0.3 is 0 Å². The van der Waals surface area contributed by atoms with Crippen molar-refractivity contribution >= 4 is 63.4 Å². The Balaban J connectivity index is 1.24. The number of nitro groups is 1. The van der Waals surface area contributed by atoms with Crippen LogP contribution in [0, 0.1) is 10.1 Å². The highest BCUT2D eigenvalue weighted by atomic mass is 32.2. The molecule has 0 heterocycles. The average molecular weight is 603 g/mol. The lowest BCUT2D eigenvalue weighted by Crippen LogP contribution is -2.30. The van der Waals surface area contributed by atoms with Gasteiger partial charge in [0.15, 0.2) is 0 Å². The predicted octanol–water partition coefficient (Wildman–Crippen LogP) is 6.89. The van der Waals surface area contributed by atoms with Crippen molar-refractivity contribution in [1.82, 2.24) is 5.32 Å². The van der Waals surface area contributed by atoms with Crippen LogP contribution in [0.15, 0.2) is 132 Å². The van der Waals surface area contributed by atoms with E-state index in [0.717, 1.165) is 21.4 Å². The first-order valence-electron chi connectivity index (χ1n) is 13.5. The SMILES string of the molecule is O=C(CSc1ccc(NC(=O)/C(=C/c2ccccc2[N+](=O)[O-])NC(=O)c2ccccc2)cc1)Nc1ccc2ccccc2c1. The summed E-state index contributed by atoms with van der Waals surface area (Å²) in [6.07, 6.45) is 1.27. The first kappa shape index (κ1) is 29.7. The smallest absolute Gasteiger partial charge is 0.276 e. The molecule has 5 aromatic rings. The minimum Gasteiger partial charge on any atom is -0.325 e. The molecule has 0 spiro atoms. The monoisotopic (exact) mass is 602 g/mol. The molecule has 0 atom stereocenters. The van der Waals surface area contributed by atoms with Crippen LogP contribution in [0.2, 0.25) is 0 Å². The summed E-state index contributed by atoms with van der Waals surface area (Å²) >= 11 is 1.34. The van der Waals surface area contributed by atoms with Gasteiger partial charge in [-0.1, -0.05) is 60.7 Å². The molecule has 0 aliphatic heterocycles. The number of rotatable bonds is 10. The largest absolute Gasteiger partial charge is 0.325 e. The Morgan fingerprint density at radius 3 is 2.14 bits per heavy atom. The number of benzene rings is 5. The summed E-state index contributed by atoms with van der Waals surface area (Å²) in [4.78, 5) is 50.5. The lowest BCUT2D eigenvalue weighted by Gasteiger charge is -2.12. The molecule has 9 nitrogen and oxygen atoms in total. The van der Waals surface area contributed by atoms with Crippen LogP contribution in [0.5, 0.6) is 0 Å². The Morgan fingerprint density at radius 1 is 0.727 bits per heavy atom. The standard InChI is InChI=1S/C34H26N4O5S/c39-32(35-28-15-14-23-8-4-5-11-25(23)20-28)22-44-29-18-16-27(17-19-29)36-34(41)30(37-33(40)24-9-2-1-3-10-24)21-26-12-6-7-13-31(26)38(42)43/h1-21H,22H2,(H,35,39)(H,36,41)(H,37,40)/b30-21-. The fourth-order valence-electron chi connectivity index (χ4n) is 4.32. The fourth-order valence-corrected chi connectivity index (χ4v) is 5.02. The lowest BCUT2D eigenvalue weighted by molar-refractivity contribution is -0.385. The van der Waals surface area contributed by atoms with Crippen molar-refractivity contribution in [2.45, 2.75) is 4.90 Å². The zero-order chi connectivity index (χ0) is 30.9. The van der Waals surface area contributed by atoms with Gasteiger partial charge in [-0.2, -0.15) is 0 Å². The van der Waals surface area contributed by atoms with Crippen molar-refractivity contribution in [3.63, 3.8) is 0 Å². The molecule has 5 rings (SSSR count). The molecule has 5 aromatic carbocycles. The van der Waals surface area contributed by atoms with Gasteiger partial charge in [-0.05, 0) is 71.4 Å². The van der Waals surface area contributed by atoms with Gasteiger partial charge in [0.05, 0.1) is 16.2 Å². The van der Waals surface area contributed by atoms with Crippen molar-refractivity contribution in [3.05, 3.63) is 148 Å². The van der Waals surface area contributed by atoms with Gasteiger partial charge in [-0.3, -0.25) is 24.5 Å². The van der Waals surface area contributed by atoms with Gasteiger partial charge in [0.1, 0.15) is 5.70 Å². The maximum atomic E-state index is 13.3. The molecular weight excluding hydrogens is 576 g/mol. The molecule has 0 bridgehead atoms. The number of nitrogens with zero attached hydrogens (tertiary/aromatic N) is 1. The molecule has 218 valence electrons. The number of carbonyl (C=O) groups is 3. The van der Waals surface area contributed by atoms with Crippen LogP contribution in [0.4, 0.5) is 17.1 Å². The summed E-state index contributed by atoms with van der Waals surface area (Å²) in [6, 6.07) is 34.8. The number of amides is 3. The maximum Gasteiger partial charge on any atom is 0.276 e. The van der Waals surface area contributed by atoms with Crippen LogP contribution in [-0.2, 0) is 9.59 Å². The van der Waals surface area contributed by atoms with Crippen LogP contribution >= 0.6 is 11.8 Å². The highest BCUT2D eigenvalue weighted by Gasteiger charge is 2.18. The Bertz CT molecular complexity index is 1870. The minimum atomic E-state index is -0.664. The van der Waals surface area contributed by atoms with Crippen LogP contribution in [-0.4, -0.2) is 28.4 Å². The summed E-state index contributed by atoms with van der Waals surface area (Å²) < 4.78 is 0. The Labute approximate surface area is 257 Å². The molecule has 3 amide bonds. The third-order valence-corrected chi connectivity index (χ3v) is 7.49. The van der Waals surface area contributed by atoms with Crippen LogP contribution < -0.4 is 16.0 Å². The van der Waals surface area contributed by atoms with E-state index in [2.05, 4.69) is 16.0 Å². The van der Waals surface area contributed by atoms with E-state index < -0.39 is 16.7 Å². The number of thioether (sulfide) groups is 1. The first-order valence-corrected chi connectivity index (χ1v) is 14.5. The van der Waals surface area contributed by atoms with Gasteiger partial charge in [0.2, 0.25) is 5.91 Å². The van der Waals surface area contributed by atoms with Crippen molar-refractivity contribution in [1.29, 1.82) is 0 Å². The van der Waals surface area contributed by atoms with Crippen molar-refractivity contribution in [2.75, 3.05) is 16.4 Å². The number of nitro benzene ring substituents is 1. The van der Waals surface area contributed by atoms with E-state index in [1.54, 1.807) is 60.7 Å². The third kappa shape index (κ3) is 7.75. The highest BCUT2D eigenvalue weighted by Crippen LogP contribution is 2.24. The van der Waals surface area contributed by atoms with Crippen LogP contribution in [0.3, 0.4) is 0 Å². The molecule has 0 aliphatic rings. The van der Waals surface area contributed by atoms with Gasteiger partial charge in [-0.25, -0.2) is 0 Å². The molecule has 0 saturated heterocycles. The second-order valence-corrected chi connectivity index (χ2v) is 10.6. The number of hydrogen-bond acceptors (Lipinski definition) is 6. The molecule has 3 N–H and O–H groups in total. The quantitative estimate of drug-likeness (QED) is 0.0691. The summed E-state index contributed by atoms with van der Waals surface area (Å²) in [5.41, 5.74) is 1.25. The van der Waals surface area contributed by atoms with Crippen molar-refractivity contribution in [3.8, 4) is 0 Å². The second-order valence-electron chi connectivity index (χ2n) is 9.57. The molecule has 0 radical (unpaired) electrons. The molecule has 0 aromatic heterocycles. The number of fused-ring (bicyclic) bond motifs is 1. The molecular formula is C34H26N4O5S. The van der Waals surface area contributed by atoms with Gasteiger partial charge in [0, 0.05) is 27.9 Å². The van der Waals surface area contributed by atoms with E-state index in [9.17, 15) is 24.5 Å². The lowest BCUT2D eigenvalue weighted by atomic mass is 10.1. The molecule has 0 unspecified atom stereocenters. The third-order valence-electron chi connectivity index (χ3n) is 6.48. The van der Waals surface area contributed by atoms with E-state index in [0.29, 0.717) is 11.3 Å². The maximum absolute atomic E-state index is 13.3. The predicted molar refractivity (Wildman–Crippen MR) is 173 cm³/mol. The van der Waals surface area contributed by atoms with Gasteiger partial charge in [-0.15, -0.1) is 11.8 Å². The van der Waals surface area contributed by atoms with Gasteiger partial charge < -0.3 is 16.0 Å². The molecule has 44 heavy (non-hydrogen) atoms. The number of anilines is 2. The fraction of sp³-hybridized carbons (Fsp3) is 0.0294. The number of hydrogen-bond donors (Lipinski definition) is 3. The van der Waals surface area contributed by atoms with Gasteiger partial charge in [0.25, 0.3) is 17.5 Å². The zero-order valence-corrected chi connectivity index (χ0v) is 24.0. The Kier molecular flexibility index (Phi) is 9.43. The molecule has 10 heteroatoms. The Morgan fingerprint density at radius 2 is 1.39 bits per heavy atom. The second kappa shape index (κ2) is 14.0. The number of para-hydroxylation sites is 1. The summed E-state index contributed by atoms with van der Waals surface area (Å²) in [5, 5.41) is 21.9. The highest BCUT2D eigenvalue weighted by molar-refractivity contribution is 8.00. The topological polar surface area (TPSA) is 130 Å². The minimum absolute atomic E-state index is 0.151. The van der Waals surface area contributed by atoms with E-state index in [4.69, 9.17) is 0 Å². The van der Waals surface area contributed by atoms with E-state index >= 15 is 0 Å². The summed E-state index contributed by atoms with van der Waals surface area (Å²) in [7, 11) is 0.